The van der Waals surface area contributed by atoms with Gasteiger partial charge < -0.3 is 15.2 Å². The van der Waals surface area contributed by atoms with Gasteiger partial charge >= 0.3 is 0 Å². The first-order valence-electron chi connectivity index (χ1n) is 7.78. The molecule has 112 valence electrons. The Morgan fingerprint density at radius 3 is 2.85 bits per heavy atom. The number of nitrogens with one attached hydrogen (secondary N) is 1. The van der Waals surface area contributed by atoms with E-state index < -0.39 is 6.10 Å². The minimum Gasteiger partial charge on any atom is -0.389 e. The molecule has 1 aromatic rings. The van der Waals surface area contributed by atoms with Gasteiger partial charge in [-0.05, 0) is 24.3 Å². The quantitative estimate of drug-likeness (QED) is 0.805. The molecule has 0 spiro atoms. The van der Waals surface area contributed by atoms with Crippen LogP contribution in [0.15, 0.2) is 30.3 Å². The Labute approximate surface area is 122 Å². The predicted molar refractivity (Wildman–Crippen MR) is 81.5 cm³/mol. The molecule has 0 aliphatic heterocycles. The molecule has 1 fully saturated rings. The van der Waals surface area contributed by atoms with Crippen molar-refractivity contribution in [3.8, 4) is 0 Å². The molecular weight excluding hydrogens is 250 g/mol. The molecule has 0 radical (unpaired) electrons. The summed E-state index contributed by atoms with van der Waals surface area (Å²) in [5.74, 6) is 0.766. The molecule has 2 rings (SSSR count). The smallest absolute Gasteiger partial charge is 0.0897 e. The predicted octanol–water partition coefficient (Wildman–Crippen LogP) is 2.73. The fraction of sp³-hybridized carbons (Fsp3) is 0.647. The molecule has 3 atom stereocenters. The molecule has 3 unspecified atom stereocenters. The zero-order valence-corrected chi connectivity index (χ0v) is 12.4. The van der Waals surface area contributed by atoms with E-state index in [1.54, 1.807) is 0 Å². The highest BCUT2D eigenvalue weighted by Crippen LogP contribution is 2.25. The first-order chi connectivity index (χ1) is 9.74. The van der Waals surface area contributed by atoms with Crippen molar-refractivity contribution in [1.82, 2.24) is 5.32 Å². The van der Waals surface area contributed by atoms with E-state index in [0.29, 0.717) is 19.3 Å². The van der Waals surface area contributed by atoms with Crippen LogP contribution in [0.5, 0.6) is 0 Å². The van der Waals surface area contributed by atoms with Crippen LogP contribution in [0.4, 0.5) is 0 Å². The molecule has 3 nitrogen and oxygen atoms in total. The van der Waals surface area contributed by atoms with Gasteiger partial charge in [0.1, 0.15) is 0 Å². The van der Waals surface area contributed by atoms with Crippen LogP contribution in [-0.4, -0.2) is 30.5 Å². The average Bonchev–Trinajstić information content (AvgIpc) is 2.46. The molecule has 0 aromatic heterocycles. The molecule has 0 heterocycles. The van der Waals surface area contributed by atoms with Crippen molar-refractivity contribution >= 4 is 0 Å². The number of hydrogen-bond acceptors (Lipinski definition) is 3. The second-order valence-corrected chi connectivity index (χ2v) is 6.00. The van der Waals surface area contributed by atoms with E-state index in [1.165, 1.54) is 18.4 Å². The second-order valence-electron chi connectivity index (χ2n) is 6.00. The summed E-state index contributed by atoms with van der Waals surface area (Å²) in [5, 5.41) is 13.2. The highest BCUT2D eigenvalue weighted by Gasteiger charge is 2.20. The summed E-state index contributed by atoms with van der Waals surface area (Å²) in [5.41, 5.74) is 1.24. The largest absolute Gasteiger partial charge is 0.389 e. The van der Waals surface area contributed by atoms with Gasteiger partial charge in [0.25, 0.3) is 0 Å². The van der Waals surface area contributed by atoms with Gasteiger partial charge in [-0.3, -0.25) is 0 Å². The average molecular weight is 277 g/mol. The lowest BCUT2D eigenvalue weighted by Crippen LogP contribution is -2.33. The highest BCUT2D eigenvalue weighted by molar-refractivity contribution is 5.14. The maximum atomic E-state index is 9.94. The fourth-order valence-corrected chi connectivity index (χ4v) is 2.81. The van der Waals surface area contributed by atoms with Gasteiger partial charge in [0.2, 0.25) is 0 Å². The van der Waals surface area contributed by atoms with Crippen molar-refractivity contribution in [1.29, 1.82) is 0 Å². The van der Waals surface area contributed by atoms with Crippen LogP contribution in [0.3, 0.4) is 0 Å². The Balaban J connectivity index is 1.57. The van der Waals surface area contributed by atoms with Gasteiger partial charge in [-0.15, -0.1) is 0 Å². The van der Waals surface area contributed by atoms with Crippen LogP contribution in [0.2, 0.25) is 0 Å². The molecule has 1 aromatic carbocycles. The van der Waals surface area contributed by atoms with E-state index in [1.807, 2.05) is 18.2 Å². The number of rotatable bonds is 7. The molecule has 1 aliphatic carbocycles. The first-order valence-corrected chi connectivity index (χ1v) is 7.78. The number of ether oxygens (including phenoxy) is 1. The van der Waals surface area contributed by atoms with Crippen LogP contribution < -0.4 is 5.32 Å². The summed E-state index contributed by atoms with van der Waals surface area (Å²) in [7, 11) is 0. The first kappa shape index (κ1) is 15.5. The van der Waals surface area contributed by atoms with Crippen molar-refractivity contribution in [3.63, 3.8) is 0 Å². The van der Waals surface area contributed by atoms with Crippen molar-refractivity contribution in [2.24, 2.45) is 5.92 Å². The summed E-state index contributed by atoms with van der Waals surface area (Å²) >= 11 is 0. The van der Waals surface area contributed by atoms with E-state index in [9.17, 15) is 5.11 Å². The van der Waals surface area contributed by atoms with Crippen molar-refractivity contribution in [2.45, 2.75) is 51.4 Å². The Bertz CT molecular complexity index is 369. The number of aliphatic hydroxyl groups is 1. The maximum absolute atomic E-state index is 9.94. The number of aliphatic hydroxyl groups excluding tert-OH is 1. The van der Waals surface area contributed by atoms with E-state index in [-0.39, 0.29) is 0 Å². The van der Waals surface area contributed by atoms with Crippen LogP contribution in [0.1, 0.15) is 38.2 Å². The van der Waals surface area contributed by atoms with E-state index in [2.05, 4.69) is 24.4 Å². The minimum atomic E-state index is -0.420. The summed E-state index contributed by atoms with van der Waals surface area (Å²) < 4.78 is 5.83. The van der Waals surface area contributed by atoms with E-state index >= 15 is 0 Å². The van der Waals surface area contributed by atoms with Crippen molar-refractivity contribution < 1.29 is 9.84 Å². The van der Waals surface area contributed by atoms with Crippen LogP contribution >= 0.6 is 0 Å². The zero-order chi connectivity index (χ0) is 14.2. The fourth-order valence-electron chi connectivity index (χ4n) is 2.81. The second kappa shape index (κ2) is 8.40. The molecular formula is C17H27NO2. The van der Waals surface area contributed by atoms with Gasteiger partial charge in [-0.2, -0.15) is 0 Å². The lowest BCUT2D eigenvalue weighted by Gasteiger charge is -2.27. The Kier molecular flexibility index (Phi) is 6.51. The molecule has 1 aliphatic rings. The zero-order valence-electron chi connectivity index (χ0n) is 12.4. The monoisotopic (exact) mass is 277 g/mol. The molecule has 3 heteroatoms. The molecule has 0 bridgehead atoms. The van der Waals surface area contributed by atoms with E-state index in [0.717, 1.165) is 25.3 Å². The Morgan fingerprint density at radius 2 is 2.10 bits per heavy atom. The van der Waals surface area contributed by atoms with E-state index in [4.69, 9.17) is 4.74 Å². The van der Waals surface area contributed by atoms with Gasteiger partial charge in [-0.25, -0.2) is 0 Å². The molecule has 2 N–H and O–H groups in total. The summed E-state index contributed by atoms with van der Waals surface area (Å²) in [6, 6.07) is 10.2. The summed E-state index contributed by atoms with van der Waals surface area (Å²) in [6.07, 6.45) is 4.80. The molecule has 0 saturated heterocycles. The third-order valence-electron chi connectivity index (χ3n) is 3.96. The van der Waals surface area contributed by atoms with Gasteiger partial charge in [0.15, 0.2) is 0 Å². The molecule has 1 saturated carbocycles. The van der Waals surface area contributed by atoms with Crippen LogP contribution in [0, 0.1) is 5.92 Å². The summed E-state index contributed by atoms with van der Waals surface area (Å²) in [4.78, 5) is 0. The summed E-state index contributed by atoms with van der Waals surface area (Å²) in [6.45, 7) is 4.10. The highest BCUT2D eigenvalue weighted by atomic mass is 16.5. The normalized spacial score (nSPS) is 24.5. The van der Waals surface area contributed by atoms with Crippen molar-refractivity contribution in [2.75, 3.05) is 13.2 Å². The van der Waals surface area contributed by atoms with Gasteiger partial charge in [0, 0.05) is 13.1 Å². The standard InChI is InChI=1S/C17H27NO2/c1-14-6-5-9-17(10-14)20-13-16(19)12-18-11-15-7-3-2-4-8-15/h2-4,7-8,14,16-19H,5-6,9-13H2,1H3. The maximum Gasteiger partial charge on any atom is 0.0897 e. The third kappa shape index (κ3) is 5.61. The Hall–Kier alpha value is -0.900. The van der Waals surface area contributed by atoms with Crippen molar-refractivity contribution in [3.05, 3.63) is 35.9 Å². The molecule has 0 amide bonds. The Morgan fingerprint density at radius 1 is 1.30 bits per heavy atom. The van der Waals surface area contributed by atoms with Gasteiger partial charge in [0.05, 0.1) is 18.8 Å². The number of hydrogen-bond donors (Lipinski definition) is 2. The SMILES string of the molecule is CC1CCCC(OCC(O)CNCc2ccccc2)C1. The van der Waals surface area contributed by atoms with Gasteiger partial charge in [-0.1, -0.05) is 50.1 Å². The lowest BCUT2D eigenvalue weighted by atomic mass is 9.89. The van der Waals surface area contributed by atoms with Crippen LogP contribution in [0.25, 0.3) is 0 Å². The number of benzene rings is 1. The molecule has 20 heavy (non-hydrogen) atoms. The topological polar surface area (TPSA) is 41.5 Å². The lowest BCUT2D eigenvalue weighted by molar-refractivity contribution is -0.0306. The van der Waals surface area contributed by atoms with Crippen LogP contribution in [-0.2, 0) is 11.3 Å². The minimum absolute atomic E-state index is 0.350. The third-order valence-corrected chi connectivity index (χ3v) is 3.96.